The van der Waals surface area contributed by atoms with Crippen molar-refractivity contribution in [1.29, 1.82) is 0 Å². The molecule has 1 atom stereocenters. The van der Waals surface area contributed by atoms with Crippen molar-refractivity contribution in [2.75, 3.05) is 19.6 Å². The van der Waals surface area contributed by atoms with Gasteiger partial charge >= 0.3 is 11.9 Å². The predicted molar refractivity (Wildman–Crippen MR) is 93.7 cm³/mol. The Balaban J connectivity index is -0.00000200. The molecule has 0 aliphatic rings. The molecule has 0 rings (SSSR count). The maximum absolute atomic E-state index is 11.0. The first-order chi connectivity index (χ1) is 9.93. The largest absolute Gasteiger partial charge is 0.481 e. The first-order valence-electron chi connectivity index (χ1n) is 7.83. The Morgan fingerprint density at radius 2 is 1.48 bits per heavy atom. The molecular weight excluding hydrogens is 318 g/mol. The fourth-order valence-electron chi connectivity index (χ4n) is 2.23. The van der Waals surface area contributed by atoms with Crippen molar-refractivity contribution in [2.24, 2.45) is 11.7 Å². The van der Waals surface area contributed by atoms with Crippen LogP contribution in [0.15, 0.2) is 0 Å². The van der Waals surface area contributed by atoms with Gasteiger partial charge in [0.15, 0.2) is 5.92 Å². The zero-order valence-electron chi connectivity index (χ0n) is 15.3. The second-order valence-corrected chi connectivity index (χ2v) is 5.58. The van der Waals surface area contributed by atoms with Crippen molar-refractivity contribution in [3.63, 3.8) is 0 Å². The summed E-state index contributed by atoms with van der Waals surface area (Å²) in [5.74, 6) is -3.97. The van der Waals surface area contributed by atoms with Gasteiger partial charge in [-0.05, 0) is 19.9 Å². The summed E-state index contributed by atoms with van der Waals surface area (Å²) in [5, 5.41) is 18.0. The van der Waals surface area contributed by atoms with E-state index in [1.165, 1.54) is 25.7 Å². The summed E-state index contributed by atoms with van der Waals surface area (Å²) in [4.78, 5) is 23.9. The molecule has 0 fully saturated rings. The van der Waals surface area contributed by atoms with Crippen LogP contribution in [-0.2, 0) is 9.59 Å². The SMILES string of the molecule is CCCCCCCCN(CC(C(=O)O)C(=O)O)C(C)CN.[Na].[Na]. The molecule has 126 valence electrons. The Morgan fingerprint density at radius 3 is 1.91 bits per heavy atom. The molecule has 4 N–H and O–H groups in total. The second-order valence-electron chi connectivity index (χ2n) is 5.58. The van der Waals surface area contributed by atoms with Crippen molar-refractivity contribution in [2.45, 2.75) is 58.4 Å². The average molecular weight is 348 g/mol. The first kappa shape index (κ1) is 28.7. The molecule has 0 aromatic carbocycles. The van der Waals surface area contributed by atoms with E-state index >= 15 is 0 Å². The molecule has 0 aliphatic heterocycles. The predicted octanol–water partition coefficient (Wildman–Crippen LogP) is 1.02. The maximum atomic E-state index is 11.0. The molecule has 0 amide bonds. The van der Waals surface area contributed by atoms with Crippen molar-refractivity contribution in [3.05, 3.63) is 0 Å². The minimum Gasteiger partial charge on any atom is -0.481 e. The van der Waals surface area contributed by atoms with Crippen LogP contribution in [0.25, 0.3) is 0 Å². The van der Waals surface area contributed by atoms with Crippen molar-refractivity contribution < 1.29 is 19.8 Å². The van der Waals surface area contributed by atoms with E-state index in [1.807, 2.05) is 11.8 Å². The fourth-order valence-corrected chi connectivity index (χ4v) is 2.23. The summed E-state index contributed by atoms with van der Waals surface area (Å²) in [6.07, 6.45) is 6.85. The number of carboxylic acid groups (broad SMARTS) is 2. The Morgan fingerprint density at radius 1 is 1.00 bits per heavy atom. The third-order valence-electron chi connectivity index (χ3n) is 3.78. The van der Waals surface area contributed by atoms with Gasteiger partial charge in [-0.2, -0.15) is 0 Å². The van der Waals surface area contributed by atoms with E-state index in [0.717, 1.165) is 12.8 Å². The van der Waals surface area contributed by atoms with Crippen molar-refractivity contribution >= 4 is 71.1 Å². The Bertz CT molecular complexity index is 306. The van der Waals surface area contributed by atoms with Gasteiger partial charge in [0.25, 0.3) is 0 Å². The van der Waals surface area contributed by atoms with Crippen LogP contribution < -0.4 is 5.73 Å². The smallest absolute Gasteiger partial charge is 0.319 e. The molecule has 0 aliphatic carbocycles. The van der Waals surface area contributed by atoms with Crippen molar-refractivity contribution in [1.82, 2.24) is 4.90 Å². The van der Waals surface area contributed by atoms with Crippen molar-refractivity contribution in [3.8, 4) is 0 Å². The van der Waals surface area contributed by atoms with Crippen LogP contribution in [0.3, 0.4) is 0 Å². The summed E-state index contributed by atoms with van der Waals surface area (Å²) < 4.78 is 0. The molecule has 23 heavy (non-hydrogen) atoms. The normalized spacial score (nSPS) is 11.7. The molecule has 1 unspecified atom stereocenters. The number of hydrogen-bond donors (Lipinski definition) is 3. The molecule has 0 spiro atoms. The number of aliphatic carboxylic acids is 2. The molecule has 2 radical (unpaired) electrons. The number of unbranched alkanes of at least 4 members (excludes halogenated alkanes) is 5. The molecule has 6 nitrogen and oxygen atoms in total. The van der Waals surface area contributed by atoms with Gasteiger partial charge in [-0.25, -0.2) is 0 Å². The van der Waals surface area contributed by atoms with Crippen LogP contribution in [0.2, 0.25) is 0 Å². The molecule has 0 aromatic rings. The molecule has 0 bridgehead atoms. The molecule has 8 heteroatoms. The number of hydrogen-bond acceptors (Lipinski definition) is 4. The topological polar surface area (TPSA) is 104 Å². The second kappa shape index (κ2) is 17.7. The zero-order chi connectivity index (χ0) is 16.3. The summed E-state index contributed by atoms with van der Waals surface area (Å²) >= 11 is 0. The van der Waals surface area contributed by atoms with E-state index in [1.54, 1.807) is 0 Å². The van der Waals surface area contributed by atoms with Crippen LogP contribution in [0.4, 0.5) is 0 Å². The molecule has 0 saturated heterocycles. The van der Waals surface area contributed by atoms with Gasteiger partial charge in [0.05, 0.1) is 0 Å². The number of rotatable bonds is 13. The number of nitrogens with zero attached hydrogens (tertiary/aromatic N) is 1. The van der Waals surface area contributed by atoms with E-state index in [2.05, 4.69) is 6.92 Å². The van der Waals surface area contributed by atoms with Gasteiger partial charge < -0.3 is 15.9 Å². The molecular formula is C15H30N2Na2O4. The van der Waals surface area contributed by atoms with Gasteiger partial charge in [0.1, 0.15) is 0 Å². The standard InChI is InChI=1S/C15H30N2O4.2Na/c1-3-4-5-6-7-8-9-17(12(2)10-16)11-13(14(18)19)15(20)21;;/h12-13H,3-11,16H2,1-2H3,(H,18,19)(H,20,21);;. The summed E-state index contributed by atoms with van der Waals surface area (Å²) in [5.41, 5.74) is 5.63. The number of carbonyl (C=O) groups is 2. The Kier molecular flexibility index (Phi) is 22.0. The maximum Gasteiger partial charge on any atom is 0.319 e. The summed E-state index contributed by atoms with van der Waals surface area (Å²) in [7, 11) is 0. The van der Waals surface area contributed by atoms with E-state index in [-0.39, 0.29) is 71.7 Å². The van der Waals surface area contributed by atoms with Gasteiger partial charge in [-0.15, -0.1) is 0 Å². The molecule has 0 saturated carbocycles. The van der Waals surface area contributed by atoms with Gasteiger partial charge in [0.2, 0.25) is 0 Å². The Labute approximate surface area is 184 Å². The van der Waals surface area contributed by atoms with E-state index in [4.69, 9.17) is 15.9 Å². The third kappa shape index (κ3) is 13.8. The van der Waals surface area contributed by atoms with Gasteiger partial charge in [0, 0.05) is 78.2 Å². The molecule has 0 aromatic heterocycles. The molecule has 0 heterocycles. The van der Waals surface area contributed by atoms with E-state index in [0.29, 0.717) is 13.1 Å². The zero-order valence-corrected chi connectivity index (χ0v) is 19.3. The monoisotopic (exact) mass is 348 g/mol. The summed E-state index contributed by atoms with van der Waals surface area (Å²) in [6.45, 7) is 5.17. The van der Waals surface area contributed by atoms with Crippen LogP contribution in [0.5, 0.6) is 0 Å². The minimum absolute atomic E-state index is 0. The Hall–Kier alpha value is 0.860. The van der Waals surface area contributed by atoms with E-state index in [9.17, 15) is 9.59 Å². The number of nitrogens with two attached hydrogens (primary N) is 1. The van der Waals surface area contributed by atoms with Gasteiger partial charge in [-0.3, -0.25) is 14.5 Å². The van der Waals surface area contributed by atoms with Gasteiger partial charge in [-0.1, -0.05) is 39.0 Å². The fraction of sp³-hybridized carbons (Fsp3) is 0.867. The number of carboxylic acids is 2. The summed E-state index contributed by atoms with van der Waals surface area (Å²) in [6, 6.07) is -0.0122. The van der Waals surface area contributed by atoms with Crippen LogP contribution in [0, 0.1) is 5.92 Å². The minimum atomic E-state index is -1.39. The average Bonchev–Trinajstić information content (AvgIpc) is 2.44. The quantitative estimate of drug-likeness (QED) is 0.261. The van der Waals surface area contributed by atoms with E-state index < -0.39 is 17.9 Å². The third-order valence-corrected chi connectivity index (χ3v) is 3.78. The van der Waals surface area contributed by atoms with Crippen LogP contribution in [-0.4, -0.2) is 112 Å². The first-order valence-corrected chi connectivity index (χ1v) is 7.83. The van der Waals surface area contributed by atoms with Crippen LogP contribution in [0.1, 0.15) is 52.4 Å². The van der Waals surface area contributed by atoms with Crippen LogP contribution >= 0.6 is 0 Å².